The second-order valence-corrected chi connectivity index (χ2v) is 13.3. The largest absolute Gasteiger partial charge is 0.356 e. The van der Waals surface area contributed by atoms with Crippen LogP contribution in [0.3, 0.4) is 0 Å². The summed E-state index contributed by atoms with van der Waals surface area (Å²) in [5.41, 5.74) is 0. The minimum atomic E-state index is -5.02. The van der Waals surface area contributed by atoms with Crippen LogP contribution < -0.4 is 0 Å². The van der Waals surface area contributed by atoms with Crippen LogP contribution in [0.2, 0.25) is 0 Å². The molecule has 0 spiro atoms. The fourth-order valence-electron chi connectivity index (χ4n) is 1.55. The van der Waals surface area contributed by atoms with Crippen LogP contribution in [0.4, 0.5) is 0 Å². The summed E-state index contributed by atoms with van der Waals surface area (Å²) < 4.78 is 107. The first-order valence-corrected chi connectivity index (χ1v) is 15.9. The maximum atomic E-state index is 11.3. The molecule has 0 rings (SSSR count). The first kappa shape index (κ1) is 29.4. The zero-order chi connectivity index (χ0) is 22.6. The molecule has 4 atom stereocenters. The normalized spacial score (nSPS) is 18.4. The van der Waals surface area contributed by atoms with E-state index in [1.165, 1.54) is 0 Å². The molecule has 0 saturated heterocycles. The van der Waals surface area contributed by atoms with Crippen LogP contribution in [0.5, 0.6) is 0 Å². The highest BCUT2D eigenvalue weighted by Crippen LogP contribution is 2.27. The lowest BCUT2D eigenvalue weighted by Gasteiger charge is -2.32. The van der Waals surface area contributed by atoms with Gasteiger partial charge in [0.2, 0.25) is 0 Å². The number of rotatable bonds is 13. The van der Waals surface area contributed by atoms with Crippen LogP contribution in [0.1, 0.15) is 0 Å². The summed E-state index contributed by atoms with van der Waals surface area (Å²) in [6.45, 7) is 0. The predicted molar refractivity (Wildman–Crippen MR) is 100 cm³/mol. The van der Waals surface area contributed by atoms with Gasteiger partial charge in [-0.05, 0) is 0 Å². The maximum Gasteiger partial charge on any atom is 0.356 e. The van der Waals surface area contributed by atoms with Crippen molar-refractivity contribution in [3.05, 3.63) is 0 Å². The Morgan fingerprint density at radius 1 is 0.500 bits per heavy atom. The molecule has 0 N–H and O–H groups in total. The maximum absolute atomic E-state index is 11.3. The lowest BCUT2D eigenvalue weighted by Crippen LogP contribution is -2.52. The quantitative estimate of drug-likeness (QED) is 0.213. The van der Waals surface area contributed by atoms with E-state index in [1.54, 1.807) is 0 Å². The van der Waals surface area contributed by atoms with Crippen molar-refractivity contribution < 1.29 is 50.4 Å². The first-order chi connectivity index (χ1) is 12.3. The Bertz CT molecular complexity index is 851. The molecule has 0 radical (unpaired) electrons. The van der Waals surface area contributed by atoms with Crippen LogP contribution in [-0.4, -0.2) is 69.8 Å². The molecule has 0 unspecified atom stereocenters. The van der Waals surface area contributed by atoms with Gasteiger partial charge in [-0.15, -0.1) is 23.2 Å². The highest BCUT2D eigenvalue weighted by atomic mass is 35.7. The van der Waals surface area contributed by atoms with E-state index in [2.05, 4.69) is 16.7 Å². The van der Waals surface area contributed by atoms with E-state index in [0.29, 0.717) is 0 Å². The molecule has 0 aliphatic heterocycles. The van der Waals surface area contributed by atoms with E-state index in [1.807, 2.05) is 0 Å². The fourth-order valence-corrected chi connectivity index (χ4v) is 5.19. The smallest absolute Gasteiger partial charge is 0.250 e. The van der Waals surface area contributed by atoms with Gasteiger partial charge in [-0.25, -0.2) is 8.37 Å². The summed E-state index contributed by atoms with van der Waals surface area (Å²) in [5, 5.41) is 0. The van der Waals surface area contributed by atoms with Crippen molar-refractivity contribution in [2.75, 3.05) is 11.8 Å². The topological polar surface area (TPSA) is 173 Å². The highest BCUT2D eigenvalue weighted by Gasteiger charge is 2.45. The van der Waals surface area contributed by atoms with Gasteiger partial charge in [-0.1, -0.05) is 0 Å². The van der Waals surface area contributed by atoms with Crippen LogP contribution in [0.25, 0.3) is 0 Å². The third-order valence-corrected chi connectivity index (χ3v) is 5.63. The summed E-state index contributed by atoms with van der Waals surface area (Å²) in [5.74, 6) is -1.87. The summed E-state index contributed by atoms with van der Waals surface area (Å²) >= 11 is 10.9. The van der Waals surface area contributed by atoms with Gasteiger partial charge in [-0.3, -0.25) is 8.37 Å². The second-order valence-electron chi connectivity index (χ2n) is 4.27. The van der Waals surface area contributed by atoms with E-state index in [4.69, 9.17) is 65.9 Å². The summed E-state index contributed by atoms with van der Waals surface area (Å²) in [6.07, 6.45) is -9.12. The zero-order valence-corrected chi connectivity index (χ0v) is 20.3. The molecule has 0 aliphatic carbocycles. The van der Waals surface area contributed by atoms with Crippen molar-refractivity contribution in [2.45, 2.75) is 24.4 Å². The van der Waals surface area contributed by atoms with Gasteiger partial charge in [0.15, 0.2) is 0 Å². The average molecular weight is 613 g/mol. The molecule has 170 valence electrons. The molecule has 0 aliphatic rings. The Kier molecular flexibility index (Phi) is 11.9. The Labute approximate surface area is 188 Å². The van der Waals surface area contributed by atoms with Gasteiger partial charge in [-0.2, -0.15) is 33.7 Å². The predicted octanol–water partition coefficient (Wildman–Crippen LogP) is 0.939. The Hall–Kier alpha value is 1.38. The molecule has 12 nitrogen and oxygen atoms in total. The molecule has 0 aromatic rings. The molecule has 28 heavy (non-hydrogen) atoms. The summed E-state index contributed by atoms with van der Waals surface area (Å²) in [6, 6.07) is 0. The monoisotopic (exact) mass is 610 g/mol. The van der Waals surface area contributed by atoms with Gasteiger partial charge >= 0.3 is 37.3 Å². The van der Waals surface area contributed by atoms with Crippen molar-refractivity contribution in [1.29, 1.82) is 0 Å². The molecular weight excluding hydrogens is 605 g/mol. The summed E-state index contributed by atoms with van der Waals surface area (Å²) in [4.78, 5) is 0. The van der Waals surface area contributed by atoms with Gasteiger partial charge in [0.25, 0.3) is 0 Å². The molecule has 0 aromatic heterocycles. The standard InChI is InChI=1S/C6H8Cl6O12S4/c7-1-3(21-25(9,13)14)5(23-27(11,17)18)6(24-28(12,19)20)4(2-8)22-26(10,15)16/h3-6H,1-2H2/t3-,4+,5-,6-/m1/s1. The third-order valence-electron chi connectivity index (χ3n) is 2.29. The van der Waals surface area contributed by atoms with E-state index < -0.39 is 73.5 Å². The van der Waals surface area contributed by atoms with Crippen molar-refractivity contribution >= 4 is 103 Å². The van der Waals surface area contributed by atoms with Gasteiger partial charge in [0.05, 0.1) is 11.8 Å². The van der Waals surface area contributed by atoms with Gasteiger partial charge in [0, 0.05) is 42.7 Å². The van der Waals surface area contributed by atoms with E-state index in [-0.39, 0.29) is 0 Å². The molecular formula is C6H8Cl6O12S4. The lowest BCUT2D eigenvalue weighted by molar-refractivity contribution is -0.0433. The van der Waals surface area contributed by atoms with Crippen LogP contribution in [-0.2, 0) is 54.1 Å². The first-order valence-electron chi connectivity index (χ1n) is 5.91. The number of alkyl halides is 2. The second kappa shape index (κ2) is 11.3. The number of hydrogen-bond donors (Lipinski definition) is 0. The molecule has 0 amide bonds. The Morgan fingerprint density at radius 2 is 0.714 bits per heavy atom. The van der Waals surface area contributed by atoms with E-state index in [9.17, 15) is 33.7 Å². The summed E-state index contributed by atoms with van der Waals surface area (Å²) in [7, 11) is -0.215. The number of hydrogen-bond acceptors (Lipinski definition) is 12. The average Bonchev–Trinajstić information content (AvgIpc) is 2.42. The Morgan fingerprint density at radius 3 is 0.857 bits per heavy atom. The third kappa shape index (κ3) is 13.6. The molecule has 0 saturated carbocycles. The van der Waals surface area contributed by atoms with Crippen LogP contribution in [0, 0.1) is 0 Å². The molecule has 0 heterocycles. The van der Waals surface area contributed by atoms with Crippen molar-refractivity contribution in [1.82, 2.24) is 0 Å². The molecule has 22 heteroatoms. The van der Waals surface area contributed by atoms with Crippen LogP contribution >= 0.6 is 65.9 Å². The minimum Gasteiger partial charge on any atom is -0.250 e. The molecule has 0 aromatic carbocycles. The van der Waals surface area contributed by atoms with E-state index >= 15 is 0 Å². The molecule has 0 bridgehead atoms. The number of halogens is 6. The highest BCUT2D eigenvalue weighted by molar-refractivity contribution is 8.10. The SMILES string of the molecule is O=S(=O)(Cl)O[C@@H]([C@H](OS(=O)(=O)Cl)[C@@H](CCl)OS(=O)(=O)Cl)[C@H](CCl)OS(=O)(=O)Cl. The van der Waals surface area contributed by atoms with Crippen molar-refractivity contribution in [3.63, 3.8) is 0 Å². The molecule has 0 fully saturated rings. The van der Waals surface area contributed by atoms with Crippen molar-refractivity contribution in [2.24, 2.45) is 0 Å². The van der Waals surface area contributed by atoms with Gasteiger partial charge < -0.3 is 0 Å². The minimum absolute atomic E-state index is 0.937. The van der Waals surface area contributed by atoms with E-state index in [0.717, 1.165) is 0 Å². The Balaban J connectivity index is 6.47. The lowest BCUT2D eigenvalue weighted by atomic mass is 10.1. The zero-order valence-electron chi connectivity index (χ0n) is 12.5. The van der Waals surface area contributed by atoms with Crippen molar-refractivity contribution in [3.8, 4) is 0 Å². The van der Waals surface area contributed by atoms with Gasteiger partial charge in [0.1, 0.15) is 24.4 Å². The van der Waals surface area contributed by atoms with Crippen LogP contribution in [0.15, 0.2) is 0 Å². The fraction of sp³-hybridized carbons (Fsp3) is 1.00.